The van der Waals surface area contributed by atoms with E-state index < -0.39 is 0 Å². The van der Waals surface area contributed by atoms with Gasteiger partial charge in [-0.1, -0.05) is 23.2 Å². The van der Waals surface area contributed by atoms with Crippen molar-refractivity contribution in [3.8, 4) is 0 Å². The van der Waals surface area contributed by atoms with Crippen molar-refractivity contribution in [2.45, 2.75) is 44.7 Å². The first-order valence-electron chi connectivity index (χ1n) is 9.22. The zero-order chi connectivity index (χ0) is 18.7. The molecule has 0 aliphatic carbocycles. The largest absolute Gasteiger partial charge is 0.353 e. The highest BCUT2D eigenvalue weighted by atomic mass is 35.5. The highest BCUT2D eigenvalue weighted by Gasteiger charge is 2.30. The quantitative estimate of drug-likeness (QED) is 0.823. The summed E-state index contributed by atoms with van der Waals surface area (Å²) in [6.45, 7) is 4.17. The molecule has 1 aromatic rings. The fraction of sp³-hybridized carbons (Fsp3) is 0.579. The lowest BCUT2D eigenvalue weighted by Gasteiger charge is -2.34. The number of piperidine rings is 2. The molecule has 26 heavy (non-hydrogen) atoms. The Morgan fingerprint density at radius 2 is 2.04 bits per heavy atom. The van der Waals surface area contributed by atoms with Crippen molar-refractivity contribution in [2.75, 3.05) is 19.6 Å². The van der Waals surface area contributed by atoms with Crippen molar-refractivity contribution in [3.63, 3.8) is 0 Å². The van der Waals surface area contributed by atoms with E-state index >= 15 is 0 Å². The number of benzene rings is 1. The highest BCUT2D eigenvalue weighted by Crippen LogP contribution is 2.25. The van der Waals surface area contributed by atoms with Crippen LogP contribution in [0, 0.1) is 5.92 Å². The summed E-state index contributed by atoms with van der Waals surface area (Å²) in [4.78, 5) is 27.2. The molecule has 3 atom stereocenters. The molecule has 0 radical (unpaired) electrons. The molecule has 7 heteroatoms. The highest BCUT2D eigenvalue weighted by molar-refractivity contribution is 6.42. The Balaban J connectivity index is 1.60. The van der Waals surface area contributed by atoms with Gasteiger partial charge >= 0.3 is 0 Å². The lowest BCUT2D eigenvalue weighted by molar-refractivity contribution is -0.127. The fourth-order valence-corrected chi connectivity index (χ4v) is 4.07. The third-order valence-corrected chi connectivity index (χ3v) is 5.96. The standard InChI is InChI=1S/C19H25Cl2N3O2/c1-12-9-15(6-7-22-12)23-18(25)14-3-2-8-24(11-14)19(26)13-4-5-16(20)17(21)10-13/h4-5,10,12,14-15,22H,2-3,6-9,11H2,1H3,(H,23,25). The van der Waals surface area contributed by atoms with E-state index in [1.807, 2.05) is 0 Å². The molecular formula is C19H25Cl2N3O2. The van der Waals surface area contributed by atoms with Gasteiger partial charge in [0.25, 0.3) is 5.91 Å². The average Bonchev–Trinajstić information content (AvgIpc) is 2.63. The first-order valence-corrected chi connectivity index (χ1v) is 9.97. The van der Waals surface area contributed by atoms with Crippen LogP contribution in [0.2, 0.25) is 10.0 Å². The van der Waals surface area contributed by atoms with Gasteiger partial charge in [0.1, 0.15) is 0 Å². The predicted octanol–water partition coefficient (Wildman–Crippen LogP) is 3.10. The number of halogens is 2. The van der Waals surface area contributed by atoms with Gasteiger partial charge in [0.05, 0.1) is 16.0 Å². The van der Waals surface area contributed by atoms with Gasteiger partial charge in [-0.2, -0.15) is 0 Å². The molecule has 3 rings (SSSR count). The van der Waals surface area contributed by atoms with E-state index in [1.165, 1.54) is 0 Å². The molecule has 5 nitrogen and oxygen atoms in total. The molecule has 2 saturated heterocycles. The summed E-state index contributed by atoms with van der Waals surface area (Å²) in [6, 6.07) is 5.54. The van der Waals surface area contributed by atoms with E-state index in [1.54, 1.807) is 23.1 Å². The predicted molar refractivity (Wildman–Crippen MR) is 104 cm³/mol. The lowest BCUT2D eigenvalue weighted by atomic mass is 9.94. The first kappa shape index (κ1) is 19.5. The molecule has 142 valence electrons. The summed E-state index contributed by atoms with van der Waals surface area (Å²) < 4.78 is 0. The summed E-state index contributed by atoms with van der Waals surface area (Å²) in [5.41, 5.74) is 0.507. The zero-order valence-electron chi connectivity index (χ0n) is 14.9. The summed E-state index contributed by atoms with van der Waals surface area (Å²) in [7, 11) is 0. The van der Waals surface area contributed by atoms with Crippen LogP contribution in [0.1, 0.15) is 43.0 Å². The molecule has 2 fully saturated rings. The van der Waals surface area contributed by atoms with E-state index in [4.69, 9.17) is 23.2 Å². The van der Waals surface area contributed by atoms with Crippen LogP contribution in [-0.2, 0) is 4.79 Å². The Kier molecular flexibility index (Phi) is 6.43. The van der Waals surface area contributed by atoms with Gasteiger partial charge in [-0.05, 0) is 57.4 Å². The Morgan fingerprint density at radius 1 is 1.23 bits per heavy atom. The minimum atomic E-state index is -0.152. The number of likely N-dealkylation sites (tertiary alicyclic amines) is 1. The van der Waals surface area contributed by atoms with E-state index in [9.17, 15) is 9.59 Å². The van der Waals surface area contributed by atoms with Gasteiger partial charge in [0.2, 0.25) is 5.91 Å². The van der Waals surface area contributed by atoms with Crippen LogP contribution in [0.25, 0.3) is 0 Å². The van der Waals surface area contributed by atoms with Gasteiger partial charge in [-0.3, -0.25) is 9.59 Å². The topological polar surface area (TPSA) is 61.4 Å². The summed E-state index contributed by atoms with van der Waals surface area (Å²) in [6.07, 6.45) is 3.55. The van der Waals surface area contributed by atoms with Crippen molar-refractivity contribution in [1.29, 1.82) is 0 Å². The molecule has 2 aliphatic rings. The molecule has 0 bridgehead atoms. The SMILES string of the molecule is CC1CC(NC(=O)C2CCCN(C(=O)c3ccc(Cl)c(Cl)c3)C2)CCN1. The van der Waals surface area contributed by atoms with Gasteiger partial charge in [0, 0.05) is 30.7 Å². The summed E-state index contributed by atoms with van der Waals surface area (Å²) >= 11 is 11.9. The molecule has 2 amide bonds. The number of nitrogens with one attached hydrogen (secondary N) is 2. The van der Waals surface area contributed by atoms with E-state index in [-0.39, 0.29) is 23.8 Å². The second-order valence-corrected chi connectivity index (χ2v) is 8.12. The molecular weight excluding hydrogens is 373 g/mol. The molecule has 2 N–H and O–H groups in total. The minimum Gasteiger partial charge on any atom is -0.353 e. The number of nitrogens with zero attached hydrogens (tertiary/aromatic N) is 1. The van der Waals surface area contributed by atoms with Crippen molar-refractivity contribution in [2.24, 2.45) is 5.92 Å². The summed E-state index contributed by atoms with van der Waals surface area (Å²) in [5.74, 6) is -0.187. The van der Waals surface area contributed by atoms with Crippen LogP contribution in [0.4, 0.5) is 0 Å². The van der Waals surface area contributed by atoms with Crippen molar-refractivity contribution in [1.82, 2.24) is 15.5 Å². The van der Waals surface area contributed by atoms with Crippen LogP contribution in [0.15, 0.2) is 18.2 Å². The number of carbonyl (C=O) groups is 2. The molecule has 2 heterocycles. The van der Waals surface area contributed by atoms with E-state index in [2.05, 4.69) is 17.6 Å². The van der Waals surface area contributed by atoms with Gasteiger partial charge in [-0.15, -0.1) is 0 Å². The lowest BCUT2D eigenvalue weighted by Crippen LogP contribution is -2.51. The van der Waals surface area contributed by atoms with E-state index in [0.29, 0.717) is 34.7 Å². The van der Waals surface area contributed by atoms with Crippen LogP contribution in [0.5, 0.6) is 0 Å². The molecule has 0 spiro atoms. The Hall–Kier alpha value is -1.30. The third kappa shape index (κ3) is 4.70. The number of hydrogen-bond donors (Lipinski definition) is 2. The summed E-state index contributed by atoms with van der Waals surface area (Å²) in [5, 5.41) is 7.36. The molecule has 3 unspecified atom stereocenters. The molecule has 0 saturated carbocycles. The van der Waals surface area contributed by atoms with Crippen LogP contribution < -0.4 is 10.6 Å². The van der Waals surface area contributed by atoms with Gasteiger partial charge in [0.15, 0.2) is 0 Å². The number of carbonyl (C=O) groups excluding carboxylic acids is 2. The number of rotatable bonds is 3. The Bertz CT molecular complexity index is 683. The zero-order valence-corrected chi connectivity index (χ0v) is 16.4. The van der Waals surface area contributed by atoms with Crippen LogP contribution >= 0.6 is 23.2 Å². The molecule has 2 aliphatic heterocycles. The van der Waals surface area contributed by atoms with Gasteiger partial charge < -0.3 is 15.5 Å². The maximum atomic E-state index is 12.7. The normalized spacial score (nSPS) is 26.4. The third-order valence-electron chi connectivity index (χ3n) is 5.22. The molecule has 0 aromatic heterocycles. The maximum absolute atomic E-state index is 12.7. The van der Waals surface area contributed by atoms with Crippen LogP contribution in [0.3, 0.4) is 0 Å². The Labute approximate surface area is 164 Å². The van der Waals surface area contributed by atoms with Gasteiger partial charge in [-0.25, -0.2) is 0 Å². The molecule has 1 aromatic carbocycles. The van der Waals surface area contributed by atoms with Crippen molar-refractivity contribution < 1.29 is 9.59 Å². The minimum absolute atomic E-state index is 0.0655. The second-order valence-electron chi connectivity index (χ2n) is 7.30. The fourth-order valence-electron chi connectivity index (χ4n) is 3.77. The smallest absolute Gasteiger partial charge is 0.253 e. The second kappa shape index (κ2) is 8.59. The number of hydrogen-bond acceptors (Lipinski definition) is 3. The van der Waals surface area contributed by atoms with Crippen molar-refractivity contribution >= 4 is 35.0 Å². The van der Waals surface area contributed by atoms with Crippen molar-refractivity contribution in [3.05, 3.63) is 33.8 Å². The first-order chi connectivity index (χ1) is 12.4. The monoisotopic (exact) mass is 397 g/mol. The van der Waals surface area contributed by atoms with E-state index in [0.717, 1.165) is 32.2 Å². The average molecular weight is 398 g/mol. The van der Waals surface area contributed by atoms with Crippen LogP contribution in [-0.4, -0.2) is 48.4 Å². The Morgan fingerprint density at radius 3 is 2.77 bits per heavy atom. The number of amides is 2. The maximum Gasteiger partial charge on any atom is 0.253 e.